The number of rotatable bonds is 5. The molecule has 4 rings (SSSR count). The molecule has 1 aliphatic rings. The fraction of sp³-hybridized carbons (Fsp3) is 0.318. The van der Waals surface area contributed by atoms with Gasteiger partial charge in [0.25, 0.3) is 5.91 Å². The van der Waals surface area contributed by atoms with Gasteiger partial charge in [-0.05, 0) is 31.0 Å². The molecule has 2 amide bonds. The van der Waals surface area contributed by atoms with E-state index in [0.29, 0.717) is 41.4 Å². The van der Waals surface area contributed by atoms with Crippen LogP contribution in [-0.2, 0) is 22.4 Å². The van der Waals surface area contributed by atoms with Crippen molar-refractivity contribution in [3.63, 3.8) is 0 Å². The molecule has 0 saturated heterocycles. The van der Waals surface area contributed by atoms with Crippen LogP contribution in [0.5, 0.6) is 5.75 Å². The van der Waals surface area contributed by atoms with Gasteiger partial charge >= 0.3 is 12.1 Å². The lowest BCUT2D eigenvalue weighted by molar-refractivity contribution is 0.0600. The number of fused-ring (bicyclic) bond motifs is 2. The smallest absolute Gasteiger partial charge is 0.410 e. The third-order valence-corrected chi connectivity index (χ3v) is 6.28. The standard InChI is InChI=1S/C22H22N2O7S/c1-4-30-22(27)24-9-8-13-16(11-24)32-20(17(13)21(26)29-3)23-19(25)15-10-12-6-5-7-14(28-2)18(12)31-15/h5-7,10H,4,8-9,11H2,1-3H3,(H,23,25). The summed E-state index contributed by atoms with van der Waals surface area (Å²) < 4.78 is 21.0. The minimum absolute atomic E-state index is 0.0832. The van der Waals surface area contributed by atoms with E-state index in [1.165, 1.54) is 25.6 Å². The fourth-order valence-electron chi connectivity index (χ4n) is 3.65. The zero-order chi connectivity index (χ0) is 22.8. The molecule has 0 atom stereocenters. The van der Waals surface area contributed by atoms with Crippen LogP contribution >= 0.6 is 11.3 Å². The number of anilines is 1. The fourth-order valence-corrected chi connectivity index (χ4v) is 4.90. The van der Waals surface area contributed by atoms with Gasteiger partial charge in [0.2, 0.25) is 0 Å². The molecule has 9 nitrogen and oxygen atoms in total. The van der Waals surface area contributed by atoms with Gasteiger partial charge in [0.1, 0.15) is 5.00 Å². The number of hydrogen-bond donors (Lipinski definition) is 1. The van der Waals surface area contributed by atoms with Gasteiger partial charge in [-0.25, -0.2) is 9.59 Å². The Bertz CT molecular complexity index is 1200. The number of benzene rings is 1. The molecule has 1 aromatic carbocycles. The molecule has 1 aliphatic heterocycles. The van der Waals surface area contributed by atoms with Crippen molar-refractivity contribution < 1.29 is 33.0 Å². The number of nitrogens with zero attached hydrogens (tertiary/aromatic N) is 1. The Hall–Kier alpha value is -3.53. The number of carbonyl (C=O) groups excluding carboxylic acids is 3. The van der Waals surface area contributed by atoms with Crippen LogP contribution in [0.3, 0.4) is 0 Å². The molecular formula is C22H22N2O7S. The minimum Gasteiger partial charge on any atom is -0.493 e. The quantitative estimate of drug-likeness (QED) is 0.575. The van der Waals surface area contributed by atoms with Crippen molar-refractivity contribution in [3.05, 3.63) is 46.0 Å². The van der Waals surface area contributed by atoms with Crippen molar-refractivity contribution in [2.24, 2.45) is 0 Å². The predicted molar refractivity (Wildman–Crippen MR) is 118 cm³/mol. The van der Waals surface area contributed by atoms with Crippen LogP contribution in [0.4, 0.5) is 9.80 Å². The van der Waals surface area contributed by atoms with Crippen LogP contribution in [0.2, 0.25) is 0 Å². The summed E-state index contributed by atoms with van der Waals surface area (Å²) in [4.78, 5) is 39.9. The van der Waals surface area contributed by atoms with E-state index in [-0.39, 0.29) is 12.4 Å². The van der Waals surface area contributed by atoms with Crippen LogP contribution < -0.4 is 10.1 Å². The molecule has 0 saturated carbocycles. The Morgan fingerprint density at radius 3 is 2.78 bits per heavy atom. The van der Waals surface area contributed by atoms with Crippen LogP contribution in [0.15, 0.2) is 28.7 Å². The molecule has 0 fully saturated rings. The van der Waals surface area contributed by atoms with E-state index >= 15 is 0 Å². The number of hydrogen-bond acceptors (Lipinski definition) is 8. The average Bonchev–Trinajstić information content (AvgIpc) is 3.39. The topological polar surface area (TPSA) is 107 Å². The van der Waals surface area contributed by atoms with Crippen molar-refractivity contribution >= 4 is 45.3 Å². The lowest BCUT2D eigenvalue weighted by atomic mass is 10.0. The summed E-state index contributed by atoms with van der Waals surface area (Å²) in [6.07, 6.45) is 0.0419. The number of amides is 2. The van der Waals surface area contributed by atoms with Gasteiger partial charge in [0.05, 0.1) is 32.9 Å². The average molecular weight is 458 g/mol. The highest BCUT2D eigenvalue weighted by molar-refractivity contribution is 7.17. The Kier molecular flexibility index (Phi) is 6.04. The molecule has 2 aromatic heterocycles. The second-order valence-electron chi connectivity index (χ2n) is 7.01. The summed E-state index contributed by atoms with van der Waals surface area (Å²) in [5.41, 5.74) is 1.53. The molecule has 0 aliphatic carbocycles. The SMILES string of the molecule is CCOC(=O)N1CCc2c(sc(NC(=O)c3cc4cccc(OC)c4o3)c2C(=O)OC)C1. The third-order valence-electron chi connectivity index (χ3n) is 5.15. The number of methoxy groups -OCH3 is 2. The summed E-state index contributed by atoms with van der Waals surface area (Å²) in [6.45, 7) is 2.72. The molecule has 0 unspecified atom stereocenters. The van der Waals surface area contributed by atoms with Gasteiger partial charge in [-0.3, -0.25) is 4.79 Å². The lowest BCUT2D eigenvalue weighted by Crippen LogP contribution is -2.36. The predicted octanol–water partition coefficient (Wildman–Crippen LogP) is 4.06. The summed E-state index contributed by atoms with van der Waals surface area (Å²) in [6, 6.07) is 6.97. The normalized spacial score (nSPS) is 12.9. The minimum atomic E-state index is -0.548. The van der Waals surface area contributed by atoms with E-state index in [2.05, 4.69) is 5.32 Å². The van der Waals surface area contributed by atoms with Gasteiger partial charge in [0.15, 0.2) is 17.1 Å². The second-order valence-corrected chi connectivity index (χ2v) is 8.12. The van der Waals surface area contributed by atoms with Gasteiger partial charge in [-0.1, -0.05) is 12.1 Å². The molecule has 168 valence electrons. The summed E-state index contributed by atoms with van der Waals surface area (Å²) in [7, 11) is 2.81. The van der Waals surface area contributed by atoms with Crippen LogP contribution in [0.25, 0.3) is 11.0 Å². The molecule has 3 heterocycles. The monoisotopic (exact) mass is 458 g/mol. The zero-order valence-electron chi connectivity index (χ0n) is 17.9. The molecule has 32 heavy (non-hydrogen) atoms. The van der Waals surface area contributed by atoms with E-state index in [4.69, 9.17) is 18.6 Å². The van der Waals surface area contributed by atoms with E-state index in [9.17, 15) is 14.4 Å². The summed E-state index contributed by atoms with van der Waals surface area (Å²) in [5.74, 6) is -0.454. The molecule has 3 aromatic rings. The Balaban J connectivity index is 1.64. The van der Waals surface area contributed by atoms with Crippen molar-refractivity contribution in [1.82, 2.24) is 4.90 Å². The largest absolute Gasteiger partial charge is 0.493 e. The van der Waals surface area contributed by atoms with Gasteiger partial charge in [-0.15, -0.1) is 11.3 Å². The summed E-state index contributed by atoms with van der Waals surface area (Å²) >= 11 is 1.23. The first-order valence-corrected chi connectivity index (χ1v) is 10.8. The first-order valence-electron chi connectivity index (χ1n) is 9.99. The number of furan rings is 1. The summed E-state index contributed by atoms with van der Waals surface area (Å²) in [5, 5.41) is 3.85. The number of esters is 1. The number of para-hydroxylation sites is 1. The molecule has 10 heteroatoms. The molecular weight excluding hydrogens is 436 g/mol. The highest BCUT2D eigenvalue weighted by atomic mass is 32.1. The third kappa shape index (κ3) is 3.89. The van der Waals surface area contributed by atoms with Crippen molar-refractivity contribution in [2.45, 2.75) is 19.9 Å². The van der Waals surface area contributed by atoms with Crippen molar-refractivity contribution in [2.75, 3.05) is 32.7 Å². The Labute approximate surface area is 187 Å². The van der Waals surface area contributed by atoms with E-state index in [1.807, 2.05) is 6.07 Å². The Morgan fingerprint density at radius 1 is 1.25 bits per heavy atom. The van der Waals surface area contributed by atoms with Crippen LogP contribution in [0, 0.1) is 0 Å². The van der Waals surface area contributed by atoms with Crippen molar-refractivity contribution in [1.29, 1.82) is 0 Å². The maximum atomic E-state index is 12.9. The lowest BCUT2D eigenvalue weighted by Gasteiger charge is -2.26. The second kappa shape index (κ2) is 8.91. The number of carbonyl (C=O) groups is 3. The molecule has 0 radical (unpaired) electrons. The van der Waals surface area contributed by atoms with Gasteiger partial charge < -0.3 is 28.8 Å². The number of ether oxygens (including phenoxy) is 3. The highest BCUT2D eigenvalue weighted by Gasteiger charge is 2.31. The van der Waals surface area contributed by atoms with E-state index in [0.717, 1.165) is 15.8 Å². The van der Waals surface area contributed by atoms with Crippen molar-refractivity contribution in [3.8, 4) is 5.75 Å². The van der Waals surface area contributed by atoms with Gasteiger partial charge in [0, 0.05) is 16.8 Å². The van der Waals surface area contributed by atoms with Crippen LogP contribution in [-0.4, -0.2) is 50.2 Å². The molecule has 0 spiro atoms. The number of nitrogens with one attached hydrogen (secondary N) is 1. The first kappa shape index (κ1) is 21.7. The number of thiophene rings is 1. The maximum absolute atomic E-state index is 12.9. The van der Waals surface area contributed by atoms with E-state index < -0.39 is 18.0 Å². The first-order chi connectivity index (χ1) is 15.5. The zero-order valence-corrected chi connectivity index (χ0v) is 18.7. The Morgan fingerprint density at radius 2 is 2.06 bits per heavy atom. The van der Waals surface area contributed by atoms with Gasteiger partial charge in [-0.2, -0.15) is 0 Å². The van der Waals surface area contributed by atoms with Crippen LogP contribution in [0.1, 0.15) is 38.3 Å². The maximum Gasteiger partial charge on any atom is 0.410 e. The molecule has 1 N–H and O–H groups in total. The molecule has 0 bridgehead atoms. The van der Waals surface area contributed by atoms with E-state index in [1.54, 1.807) is 30.0 Å². The highest BCUT2D eigenvalue weighted by Crippen LogP contribution is 2.38.